The Bertz CT molecular complexity index is 928. The van der Waals surface area contributed by atoms with Gasteiger partial charge in [0.15, 0.2) is 23.2 Å². The van der Waals surface area contributed by atoms with Gasteiger partial charge in [0.2, 0.25) is 6.79 Å². The monoisotopic (exact) mass is 410 g/mol. The molecule has 0 radical (unpaired) electrons. The van der Waals surface area contributed by atoms with E-state index in [9.17, 15) is 18.0 Å². The van der Waals surface area contributed by atoms with Crippen LogP contribution in [0.4, 0.5) is 19.0 Å². The van der Waals surface area contributed by atoms with Crippen LogP contribution in [0.1, 0.15) is 54.8 Å². The number of nitrogens with one attached hydrogen (secondary N) is 2. The fourth-order valence-electron chi connectivity index (χ4n) is 3.43. The molecule has 0 aliphatic carbocycles. The topological polar surface area (TPSA) is 77.4 Å². The molecule has 7 nitrogen and oxygen atoms in total. The van der Waals surface area contributed by atoms with Gasteiger partial charge in [-0.05, 0) is 31.0 Å². The molecule has 2 aliphatic heterocycles. The number of anilines is 1. The highest BCUT2D eigenvalue weighted by atomic mass is 19.4. The number of amides is 1. The summed E-state index contributed by atoms with van der Waals surface area (Å²) in [4.78, 5) is 12.3. The quantitative estimate of drug-likeness (QED) is 0.802. The maximum atomic E-state index is 13.8. The summed E-state index contributed by atoms with van der Waals surface area (Å²) >= 11 is 0. The summed E-state index contributed by atoms with van der Waals surface area (Å²) in [6.45, 7) is 3.81. The molecule has 0 unspecified atom stereocenters. The van der Waals surface area contributed by atoms with Gasteiger partial charge in [0, 0.05) is 18.5 Å². The van der Waals surface area contributed by atoms with Crippen LogP contribution >= 0.6 is 0 Å². The third-order valence-electron chi connectivity index (χ3n) is 5.21. The van der Waals surface area contributed by atoms with Crippen molar-refractivity contribution in [2.75, 3.05) is 12.1 Å². The van der Waals surface area contributed by atoms with Crippen LogP contribution in [0.25, 0.3) is 0 Å². The van der Waals surface area contributed by atoms with Crippen molar-refractivity contribution in [3.8, 4) is 11.5 Å². The van der Waals surface area contributed by atoms with Gasteiger partial charge < -0.3 is 20.1 Å². The number of hydrogen-bond donors (Lipinski definition) is 2. The first kappa shape index (κ1) is 19.4. The second kappa shape index (κ2) is 7.16. The number of rotatable bonds is 4. The molecule has 4 rings (SSSR count). The highest BCUT2D eigenvalue weighted by Crippen LogP contribution is 2.45. The van der Waals surface area contributed by atoms with Crippen molar-refractivity contribution in [1.82, 2.24) is 15.1 Å². The summed E-state index contributed by atoms with van der Waals surface area (Å²) in [6.07, 6.45) is -4.07. The van der Waals surface area contributed by atoms with Crippen LogP contribution in [-0.4, -0.2) is 34.7 Å². The van der Waals surface area contributed by atoms with Gasteiger partial charge in [0.05, 0.1) is 6.04 Å². The third-order valence-corrected chi connectivity index (χ3v) is 5.21. The van der Waals surface area contributed by atoms with E-state index in [1.54, 1.807) is 18.2 Å². The maximum absolute atomic E-state index is 13.8. The second-order valence-electron chi connectivity index (χ2n) is 7.24. The van der Waals surface area contributed by atoms with E-state index in [1.165, 1.54) is 6.07 Å². The zero-order valence-corrected chi connectivity index (χ0v) is 15.9. The summed E-state index contributed by atoms with van der Waals surface area (Å²) in [7, 11) is 0. The molecule has 0 saturated carbocycles. The lowest BCUT2D eigenvalue weighted by atomic mass is 9.96. The van der Waals surface area contributed by atoms with Crippen molar-refractivity contribution in [3.63, 3.8) is 0 Å². The molecule has 0 saturated heterocycles. The van der Waals surface area contributed by atoms with Gasteiger partial charge >= 0.3 is 6.18 Å². The minimum absolute atomic E-state index is 0.0478. The van der Waals surface area contributed by atoms with E-state index in [4.69, 9.17) is 9.47 Å². The molecule has 0 spiro atoms. The Morgan fingerprint density at radius 1 is 1.34 bits per heavy atom. The van der Waals surface area contributed by atoms with E-state index in [1.807, 2.05) is 13.8 Å². The molecular formula is C19H21F3N4O3. The van der Waals surface area contributed by atoms with Crippen molar-refractivity contribution in [1.29, 1.82) is 0 Å². The molecule has 3 heterocycles. The fourth-order valence-corrected chi connectivity index (χ4v) is 3.43. The Kier molecular flexibility index (Phi) is 4.79. The normalized spacial score (nSPS) is 21.3. The molecule has 0 fully saturated rings. The maximum Gasteiger partial charge on any atom is 0.410 e. The third kappa shape index (κ3) is 3.70. The molecule has 1 amide bonds. The summed E-state index contributed by atoms with van der Waals surface area (Å²) in [6, 6.07) is 3.85. The molecule has 29 heavy (non-hydrogen) atoms. The number of halogens is 3. The second-order valence-corrected chi connectivity index (χ2v) is 7.24. The highest BCUT2D eigenvalue weighted by molar-refractivity contribution is 5.93. The summed E-state index contributed by atoms with van der Waals surface area (Å²) in [5.74, 6) is 0.714. The average Bonchev–Trinajstić information content (AvgIpc) is 3.32. The van der Waals surface area contributed by atoms with Crippen molar-refractivity contribution >= 4 is 11.7 Å². The SMILES string of the molecule is CC[C@H](C)NC(=O)c1cc2n(n1)[C@H](C(F)(F)F)C[C@@H](c1ccc3c(c1)OCO3)N2. The summed E-state index contributed by atoms with van der Waals surface area (Å²) in [5.41, 5.74) is 0.593. The van der Waals surface area contributed by atoms with E-state index < -0.39 is 24.2 Å². The fraction of sp³-hybridized carbons (Fsp3) is 0.474. The number of hydrogen-bond acceptors (Lipinski definition) is 5. The number of benzene rings is 1. The van der Waals surface area contributed by atoms with Crippen LogP contribution in [0.15, 0.2) is 24.3 Å². The first-order valence-electron chi connectivity index (χ1n) is 9.39. The Hall–Kier alpha value is -2.91. The number of ether oxygens (including phenoxy) is 2. The zero-order valence-electron chi connectivity index (χ0n) is 15.9. The first-order chi connectivity index (χ1) is 13.8. The van der Waals surface area contributed by atoms with Crippen LogP contribution in [0.2, 0.25) is 0 Å². The molecule has 2 N–H and O–H groups in total. The van der Waals surface area contributed by atoms with Crippen molar-refractivity contribution in [3.05, 3.63) is 35.5 Å². The molecular weight excluding hydrogens is 389 g/mol. The summed E-state index contributed by atoms with van der Waals surface area (Å²) < 4.78 is 52.8. The number of aromatic nitrogens is 2. The largest absolute Gasteiger partial charge is 0.454 e. The van der Waals surface area contributed by atoms with E-state index >= 15 is 0 Å². The first-order valence-corrected chi connectivity index (χ1v) is 9.39. The predicted molar refractivity (Wildman–Crippen MR) is 98.1 cm³/mol. The predicted octanol–water partition coefficient (Wildman–Crippen LogP) is 3.80. The van der Waals surface area contributed by atoms with E-state index in [0.717, 1.165) is 4.68 Å². The molecule has 1 aromatic heterocycles. The van der Waals surface area contributed by atoms with Gasteiger partial charge in [-0.3, -0.25) is 4.79 Å². The molecule has 10 heteroatoms. The number of alkyl halides is 3. The van der Waals surface area contributed by atoms with Gasteiger partial charge in [-0.25, -0.2) is 4.68 Å². The Labute approximate surface area is 165 Å². The Morgan fingerprint density at radius 2 is 2.10 bits per heavy atom. The van der Waals surface area contributed by atoms with Crippen LogP contribution < -0.4 is 20.1 Å². The number of fused-ring (bicyclic) bond motifs is 2. The molecule has 1 aromatic carbocycles. The number of nitrogens with zero attached hydrogens (tertiary/aromatic N) is 2. The van der Waals surface area contributed by atoms with E-state index in [-0.39, 0.29) is 30.8 Å². The van der Waals surface area contributed by atoms with Crippen LogP contribution in [0, 0.1) is 0 Å². The highest BCUT2D eigenvalue weighted by Gasteiger charge is 2.47. The lowest BCUT2D eigenvalue weighted by molar-refractivity contribution is -0.173. The number of carbonyl (C=O) groups is 1. The van der Waals surface area contributed by atoms with E-state index in [2.05, 4.69) is 15.7 Å². The van der Waals surface area contributed by atoms with Crippen LogP contribution in [0.3, 0.4) is 0 Å². The van der Waals surface area contributed by atoms with Crippen LogP contribution in [-0.2, 0) is 0 Å². The lowest BCUT2D eigenvalue weighted by Gasteiger charge is -2.33. The Balaban J connectivity index is 1.65. The van der Waals surface area contributed by atoms with Crippen LogP contribution in [0.5, 0.6) is 11.5 Å². The van der Waals surface area contributed by atoms with E-state index in [0.29, 0.717) is 23.5 Å². The molecule has 0 bridgehead atoms. The van der Waals surface area contributed by atoms with Gasteiger partial charge in [-0.1, -0.05) is 13.0 Å². The van der Waals surface area contributed by atoms with Gasteiger partial charge in [-0.2, -0.15) is 18.3 Å². The molecule has 2 aliphatic rings. The zero-order chi connectivity index (χ0) is 20.8. The van der Waals surface area contributed by atoms with Crippen molar-refractivity contribution in [2.45, 2.75) is 51.0 Å². The lowest BCUT2D eigenvalue weighted by Crippen LogP contribution is -2.36. The average molecular weight is 410 g/mol. The standard InChI is InChI=1S/C19H21F3N4O3/c1-3-10(2)23-18(27)13-8-17-24-12(7-16(19(20,21)22)26(17)25-13)11-4-5-14-15(6-11)29-9-28-14/h4-6,8,10,12,16,24H,3,7,9H2,1-2H3,(H,23,27)/t10-,12-,16-/m0/s1. The molecule has 2 aromatic rings. The molecule has 156 valence electrons. The van der Waals surface area contributed by atoms with Crippen molar-refractivity contribution < 1.29 is 27.4 Å². The van der Waals surface area contributed by atoms with Gasteiger partial charge in [-0.15, -0.1) is 0 Å². The number of carbonyl (C=O) groups excluding carboxylic acids is 1. The smallest absolute Gasteiger partial charge is 0.410 e. The Morgan fingerprint density at radius 3 is 2.83 bits per heavy atom. The molecule has 3 atom stereocenters. The van der Waals surface area contributed by atoms with Crippen molar-refractivity contribution in [2.24, 2.45) is 0 Å². The van der Waals surface area contributed by atoms with Gasteiger partial charge in [0.1, 0.15) is 5.82 Å². The minimum Gasteiger partial charge on any atom is -0.454 e. The summed E-state index contributed by atoms with van der Waals surface area (Å²) in [5, 5.41) is 9.75. The minimum atomic E-state index is -4.51. The van der Waals surface area contributed by atoms with Gasteiger partial charge in [0.25, 0.3) is 5.91 Å².